The van der Waals surface area contributed by atoms with Gasteiger partial charge in [-0.05, 0) is 12.3 Å². The number of halogens is 2. The Bertz CT molecular complexity index is 51.5. The molecule has 0 aliphatic carbocycles. The van der Waals surface area contributed by atoms with Crippen LogP contribution in [0.3, 0.4) is 0 Å². The minimum Gasteiger partial charge on any atom is -0.255 e. The molecule has 11 heavy (non-hydrogen) atoms. The van der Waals surface area contributed by atoms with Crippen molar-refractivity contribution in [1.82, 2.24) is 0 Å². The molecule has 0 aliphatic heterocycles. The van der Waals surface area contributed by atoms with E-state index >= 15 is 0 Å². The molecule has 0 fully saturated rings. The number of unbranched alkanes of at least 4 members (excludes halogenated alkanes) is 1. The van der Waals surface area contributed by atoms with E-state index in [1.165, 1.54) is 12.8 Å². The maximum Gasteiger partial charge on any atom is 0.0922 e. The second-order valence-corrected chi connectivity index (χ2v) is 2.57. The summed E-state index contributed by atoms with van der Waals surface area (Å²) in [6.07, 6.45) is 4.44. The average molecular weight is 166 g/mol. The molecule has 0 heterocycles. The van der Waals surface area contributed by atoms with Crippen LogP contribution in [-0.2, 0) is 0 Å². The highest BCUT2D eigenvalue weighted by Gasteiger charge is 2.02. The molecule has 0 bridgehead atoms. The Labute approximate surface area is 69.0 Å². The van der Waals surface area contributed by atoms with Gasteiger partial charge in [0.2, 0.25) is 0 Å². The first-order valence-electron chi connectivity index (χ1n) is 4.28. The SMILES string of the molecule is CCCCC(CC)CF.CF. The second kappa shape index (κ2) is 12.5. The van der Waals surface area contributed by atoms with Crippen LogP contribution in [0.15, 0.2) is 0 Å². The van der Waals surface area contributed by atoms with Crippen molar-refractivity contribution in [3.05, 3.63) is 0 Å². The molecule has 0 aliphatic rings. The summed E-state index contributed by atoms with van der Waals surface area (Å²) in [5, 5.41) is 0. The Balaban J connectivity index is 0. The van der Waals surface area contributed by atoms with Crippen LogP contribution in [0.5, 0.6) is 0 Å². The zero-order chi connectivity index (χ0) is 9.11. The van der Waals surface area contributed by atoms with Crippen molar-refractivity contribution in [2.24, 2.45) is 5.92 Å². The highest BCUT2D eigenvalue weighted by molar-refractivity contribution is 4.53. The Kier molecular flexibility index (Phi) is 15.3. The van der Waals surface area contributed by atoms with Gasteiger partial charge in [-0.3, -0.25) is 8.78 Å². The summed E-state index contributed by atoms with van der Waals surface area (Å²) in [5.74, 6) is 0.338. The van der Waals surface area contributed by atoms with Crippen LogP contribution in [0.25, 0.3) is 0 Å². The van der Waals surface area contributed by atoms with Crippen LogP contribution in [0, 0.1) is 5.92 Å². The third kappa shape index (κ3) is 9.86. The fourth-order valence-corrected chi connectivity index (χ4v) is 0.883. The van der Waals surface area contributed by atoms with E-state index in [1.807, 2.05) is 0 Å². The lowest BCUT2D eigenvalue weighted by Gasteiger charge is -2.07. The summed E-state index contributed by atoms with van der Waals surface area (Å²) in [4.78, 5) is 0. The first kappa shape index (κ1) is 13.4. The van der Waals surface area contributed by atoms with Crippen LogP contribution in [0.2, 0.25) is 0 Å². The zero-order valence-electron chi connectivity index (χ0n) is 7.87. The van der Waals surface area contributed by atoms with Crippen LogP contribution in [0.1, 0.15) is 39.5 Å². The van der Waals surface area contributed by atoms with E-state index in [2.05, 4.69) is 13.8 Å². The fraction of sp³-hybridized carbons (Fsp3) is 1.00. The molecule has 0 radical (unpaired) electrons. The molecule has 1 atom stereocenters. The second-order valence-electron chi connectivity index (χ2n) is 2.57. The highest BCUT2D eigenvalue weighted by atomic mass is 19.1. The summed E-state index contributed by atoms with van der Waals surface area (Å²) in [7, 11) is 0.500. The van der Waals surface area contributed by atoms with Crippen molar-refractivity contribution in [1.29, 1.82) is 0 Å². The van der Waals surface area contributed by atoms with Gasteiger partial charge in [-0.1, -0.05) is 33.1 Å². The van der Waals surface area contributed by atoms with Gasteiger partial charge in [0.25, 0.3) is 0 Å². The quantitative estimate of drug-likeness (QED) is 0.583. The van der Waals surface area contributed by atoms with Gasteiger partial charge in [0.05, 0.1) is 13.9 Å². The average Bonchev–Trinajstić information content (AvgIpc) is 2.10. The predicted octanol–water partition coefficient (Wildman–Crippen LogP) is 3.76. The van der Waals surface area contributed by atoms with Gasteiger partial charge >= 0.3 is 0 Å². The van der Waals surface area contributed by atoms with Gasteiger partial charge in [-0.2, -0.15) is 0 Å². The third-order valence-electron chi connectivity index (χ3n) is 1.76. The number of rotatable bonds is 5. The Morgan fingerprint density at radius 2 is 1.73 bits per heavy atom. The highest BCUT2D eigenvalue weighted by Crippen LogP contribution is 2.12. The van der Waals surface area contributed by atoms with Crippen molar-refractivity contribution in [2.45, 2.75) is 39.5 Å². The first-order valence-corrected chi connectivity index (χ1v) is 4.28. The first-order chi connectivity index (χ1) is 5.35. The van der Waals surface area contributed by atoms with Gasteiger partial charge in [0, 0.05) is 0 Å². The molecule has 0 saturated heterocycles. The summed E-state index contributed by atoms with van der Waals surface area (Å²) >= 11 is 0. The van der Waals surface area contributed by atoms with Crippen molar-refractivity contribution in [3.8, 4) is 0 Å². The molecule has 0 saturated carbocycles. The Morgan fingerprint density at radius 1 is 1.18 bits per heavy atom. The normalized spacial score (nSPS) is 11.7. The third-order valence-corrected chi connectivity index (χ3v) is 1.76. The topological polar surface area (TPSA) is 0 Å². The standard InChI is InChI=1S/C8H17F.CH3F/c1-3-5-6-8(4-2)7-9;1-2/h8H,3-7H2,1-2H3;1H3. The molecule has 0 aromatic rings. The molecule has 0 spiro atoms. The number of hydrogen-bond donors (Lipinski definition) is 0. The smallest absolute Gasteiger partial charge is 0.0922 e. The predicted molar refractivity (Wildman–Crippen MR) is 46.3 cm³/mol. The lowest BCUT2D eigenvalue weighted by molar-refractivity contribution is 0.329. The molecule has 0 N–H and O–H groups in total. The van der Waals surface area contributed by atoms with Crippen LogP contribution in [0.4, 0.5) is 8.78 Å². The van der Waals surface area contributed by atoms with Crippen molar-refractivity contribution < 1.29 is 8.78 Å². The molecule has 70 valence electrons. The van der Waals surface area contributed by atoms with E-state index in [-0.39, 0.29) is 6.67 Å². The lowest BCUT2D eigenvalue weighted by Crippen LogP contribution is -1.99. The van der Waals surface area contributed by atoms with E-state index in [9.17, 15) is 8.78 Å². The van der Waals surface area contributed by atoms with Crippen molar-refractivity contribution in [3.63, 3.8) is 0 Å². The van der Waals surface area contributed by atoms with Crippen molar-refractivity contribution >= 4 is 0 Å². The molecule has 0 aromatic carbocycles. The minimum absolute atomic E-state index is 0.128. The largest absolute Gasteiger partial charge is 0.255 e. The summed E-state index contributed by atoms with van der Waals surface area (Å²) in [6, 6.07) is 0. The van der Waals surface area contributed by atoms with Gasteiger partial charge in [0.15, 0.2) is 0 Å². The fourth-order valence-electron chi connectivity index (χ4n) is 0.883. The number of alkyl halides is 2. The van der Waals surface area contributed by atoms with E-state index in [1.54, 1.807) is 0 Å². The van der Waals surface area contributed by atoms with E-state index in [4.69, 9.17) is 0 Å². The monoisotopic (exact) mass is 166 g/mol. The molecule has 0 rings (SSSR count). The summed E-state index contributed by atoms with van der Waals surface area (Å²) in [5.41, 5.74) is 0. The molecule has 2 heteroatoms. The van der Waals surface area contributed by atoms with E-state index < -0.39 is 0 Å². The molecular formula is C9H20F2. The van der Waals surface area contributed by atoms with Crippen LogP contribution < -0.4 is 0 Å². The van der Waals surface area contributed by atoms with Gasteiger partial charge in [-0.25, -0.2) is 0 Å². The number of hydrogen-bond acceptors (Lipinski definition) is 0. The summed E-state index contributed by atoms with van der Waals surface area (Å²) in [6.45, 7) is 4.07. The molecule has 0 nitrogen and oxygen atoms in total. The molecule has 1 unspecified atom stereocenters. The van der Waals surface area contributed by atoms with Gasteiger partial charge in [-0.15, -0.1) is 0 Å². The van der Waals surface area contributed by atoms with E-state index in [0.717, 1.165) is 12.8 Å². The van der Waals surface area contributed by atoms with Crippen molar-refractivity contribution in [2.75, 3.05) is 13.9 Å². The maximum absolute atomic E-state index is 12.0. The minimum atomic E-state index is -0.128. The van der Waals surface area contributed by atoms with Crippen LogP contribution >= 0.6 is 0 Å². The zero-order valence-corrected chi connectivity index (χ0v) is 7.87. The maximum atomic E-state index is 12.0. The Hall–Kier alpha value is -0.140. The van der Waals surface area contributed by atoms with Gasteiger partial charge in [0.1, 0.15) is 0 Å². The Morgan fingerprint density at radius 3 is 2.00 bits per heavy atom. The van der Waals surface area contributed by atoms with Gasteiger partial charge < -0.3 is 0 Å². The van der Waals surface area contributed by atoms with E-state index in [0.29, 0.717) is 13.1 Å². The summed E-state index contributed by atoms with van der Waals surface area (Å²) < 4.78 is 21.5. The molecular weight excluding hydrogens is 146 g/mol. The lowest BCUT2D eigenvalue weighted by atomic mass is 10.0. The molecule has 0 aromatic heterocycles. The molecule has 0 amide bonds. The van der Waals surface area contributed by atoms with Crippen LogP contribution in [-0.4, -0.2) is 13.9 Å².